The van der Waals surface area contributed by atoms with Gasteiger partial charge in [0, 0.05) is 17.1 Å². The molecule has 3 aromatic rings. The van der Waals surface area contributed by atoms with E-state index in [2.05, 4.69) is 56.3 Å². The Morgan fingerprint density at radius 1 is 0.880 bits per heavy atom. The predicted molar refractivity (Wildman–Crippen MR) is 107 cm³/mol. The van der Waals surface area contributed by atoms with E-state index in [9.17, 15) is 0 Å². The molecule has 0 unspecified atom stereocenters. The maximum Gasteiger partial charge on any atom is 0.0780 e. The van der Waals surface area contributed by atoms with Gasteiger partial charge in [-0.3, -0.25) is 4.98 Å². The molecule has 1 saturated carbocycles. The van der Waals surface area contributed by atoms with Gasteiger partial charge in [-0.1, -0.05) is 67.5 Å². The van der Waals surface area contributed by atoms with Crippen molar-refractivity contribution < 1.29 is 0 Å². The average Bonchev–Trinajstić information content (AvgIpc) is 2.61. The maximum atomic E-state index is 4.70. The lowest BCUT2D eigenvalue weighted by Gasteiger charge is -2.21. The molecule has 1 fully saturated rings. The summed E-state index contributed by atoms with van der Waals surface area (Å²) in [7, 11) is 0. The summed E-state index contributed by atoms with van der Waals surface area (Å²) in [5.74, 6) is 0.881. The Kier molecular flexibility index (Phi) is 4.57. The summed E-state index contributed by atoms with van der Waals surface area (Å²) in [5, 5.41) is 2.58. The number of aryl methyl sites for hydroxylation is 2. The Hall–Kier alpha value is -2.15. The van der Waals surface area contributed by atoms with E-state index in [0.29, 0.717) is 0 Å². The molecule has 128 valence electrons. The van der Waals surface area contributed by atoms with Gasteiger partial charge in [0.2, 0.25) is 0 Å². The predicted octanol–water partition coefficient (Wildman–Crippen LogP) is 6.64. The first-order valence-electron chi connectivity index (χ1n) is 9.65. The second-order valence-electron chi connectivity index (χ2n) is 7.80. The third-order valence-electron chi connectivity index (χ3n) is 5.57. The molecule has 0 spiro atoms. The van der Waals surface area contributed by atoms with Crippen molar-refractivity contribution in [1.29, 1.82) is 0 Å². The van der Waals surface area contributed by atoms with E-state index in [1.807, 2.05) is 6.20 Å². The first-order valence-corrected chi connectivity index (χ1v) is 9.65. The number of hydrogen-bond acceptors (Lipinski definition) is 1. The van der Waals surface area contributed by atoms with Gasteiger partial charge in [0.25, 0.3) is 0 Å². The summed E-state index contributed by atoms with van der Waals surface area (Å²) in [4.78, 5) is 4.70. The van der Waals surface area contributed by atoms with Gasteiger partial charge >= 0.3 is 0 Å². The third kappa shape index (κ3) is 3.61. The van der Waals surface area contributed by atoms with Crippen LogP contribution in [-0.4, -0.2) is 4.98 Å². The van der Waals surface area contributed by atoms with Gasteiger partial charge in [-0.05, 0) is 55.3 Å². The summed E-state index contributed by atoms with van der Waals surface area (Å²) in [6, 6.07) is 15.9. The zero-order chi connectivity index (χ0) is 17.2. The number of nitrogens with zero attached hydrogens (tertiary/aromatic N) is 1. The van der Waals surface area contributed by atoms with E-state index < -0.39 is 0 Å². The van der Waals surface area contributed by atoms with Crippen LogP contribution in [0.1, 0.15) is 48.8 Å². The van der Waals surface area contributed by atoms with Crippen molar-refractivity contribution in [2.45, 2.75) is 52.4 Å². The molecule has 1 heteroatoms. The number of hydrogen-bond donors (Lipinski definition) is 0. The number of pyridine rings is 1. The molecule has 2 aromatic carbocycles. The van der Waals surface area contributed by atoms with Crippen molar-refractivity contribution in [2.75, 3.05) is 0 Å². The highest BCUT2D eigenvalue weighted by Crippen LogP contribution is 2.31. The molecule has 0 radical (unpaired) electrons. The molecule has 0 atom stereocenters. The molecule has 1 aliphatic rings. The quantitative estimate of drug-likeness (QED) is 0.525. The SMILES string of the molecule is Cc1cc(C)cc(-c2nccc3cc(CC4CCCCC4)ccc23)c1. The van der Waals surface area contributed by atoms with E-state index >= 15 is 0 Å². The van der Waals surface area contributed by atoms with Crippen LogP contribution in [0.2, 0.25) is 0 Å². The van der Waals surface area contributed by atoms with Crippen molar-refractivity contribution in [3.8, 4) is 11.3 Å². The molecule has 1 nitrogen and oxygen atoms in total. The van der Waals surface area contributed by atoms with Crippen LogP contribution in [-0.2, 0) is 6.42 Å². The molecule has 0 aliphatic heterocycles. The minimum atomic E-state index is 0.881. The first kappa shape index (κ1) is 16.3. The van der Waals surface area contributed by atoms with Crippen molar-refractivity contribution >= 4 is 10.8 Å². The molecule has 1 aliphatic carbocycles. The molecule has 0 amide bonds. The highest BCUT2D eigenvalue weighted by molar-refractivity contribution is 5.95. The number of benzene rings is 2. The van der Waals surface area contributed by atoms with Crippen LogP contribution in [0, 0.1) is 19.8 Å². The second-order valence-corrected chi connectivity index (χ2v) is 7.80. The second kappa shape index (κ2) is 7.00. The van der Waals surface area contributed by atoms with E-state index in [-0.39, 0.29) is 0 Å². The van der Waals surface area contributed by atoms with Gasteiger partial charge in [-0.25, -0.2) is 0 Å². The van der Waals surface area contributed by atoms with Gasteiger partial charge in [0.15, 0.2) is 0 Å². The van der Waals surface area contributed by atoms with Crippen LogP contribution in [0.4, 0.5) is 0 Å². The zero-order valence-electron chi connectivity index (χ0n) is 15.4. The number of aromatic nitrogens is 1. The summed E-state index contributed by atoms with van der Waals surface area (Å²) < 4.78 is 0. The molecule has 0 bridgehead atoms. The summed E-state index contributed by atoms with van der Waals surface area (Å²) >= 11 is 0. The Morgan fingerprint density at radius 2 is 1.64 bits per heavy atom. The Bertz CT molecular complexity index is 867. The minimum Gasteiger partial charge on any atom is -0.256 e. The highest BCUT2D eigenvalue weighted by Gasteiger charge is 2.14. The van der Waals surface area contributed by atoms with Crippen molar-refractivity contribution in [1.82, 2.24) is 4.98 Å². The average molecular weight is 329 g/mol. The smallest absolute Gasteiger partial charge is 0.0780 e. The molecule has 4 rings (SSSR count). The first-order chi connectivity index (χ1) is 12.2. The number of rotatable bonds is 3. The Morgan fingerprint density at radius 3 is 2.40 bits per heavy atom. The summed E-state index contributed by atoms with van der Waals surface area (Å²) in [6.45, 7) is 4.31. The Labute approximate surface area is 151 Å². The molecule has 0 N–H and O–H groups in total. The van der Waals surface area contributed by atoms with Gasteiger partial charge < -0.3 is 0 Å². The summed E-state index contributed by atoms with van der Waals surface area (Å²) in [5.41, 5.74) is 6.40. The topological polar surface area (TPSA) is 12.9 Å². The van der Waals surface area contributed by atoms with Gasteiger partial charge in [0.1, 0.15) is 0 Å². The van der Waals surface area contributed by atoms with E-state index in [1.54, 1.807) is 0 Å². The van der Waals surface area contributed by atoms with Gasteiger partial charge in [0.05, 0.1) is 5.69 Å². The summed E-state index contributed by atoms with van der Waals surface area (Å²) in [6.07, 6.45) is 10.3. The van der Waals surface area contributed by atoms with Crippen LogP contribution in [0.25, 0.3) is 22.0 Å². The van der Waals surface area contributed by atoms with E-state index in [0.717, 1.165) is 11.6 Å². The van der Waals surface area contributed by atoms with E-state index in [4.69, 9.17) is 4.98 Å². The molecular weight excluding hydrogens is 302 g/mol. The van der Waals surface area contributed by atoms with Gasteiger partial charge in [-0.2, -0.15) is 0 Å². The standard InChI is InChI=1S/C24H27N/c1-17-12-18(2)14-22(13-17)24-23-9-8-20(16-21(23)10-11-25-24)15-19-6-4-3-5-7-19/h8-14,16,19H,3-7,15H2,1-2H3. The van der Waals surface area contributed by atoms with Gasteiger partial charge in [-0.15, -0.1) is 0 Å². The molecule has 25 heavy (non-hydrogen) atoms. The third-order valence-corrected chi connectivity index (χ3v) is 5.57. The lowest BCUT2D eigenvalue weighted by atomic mass is 9.84. The Balaban J connectivity index is 1.70. The zero-order valence-corrected chi connectivity index (χ0v) is 15.4. The van der Waals surface area contributed by atoms with Crippen LogP contribution in [0.3, 0.4) is 0 Å². The highest BCUT2D eigenvalue weighted by atomic mass is 14.7. The van der Waals surface area contributed by atoms with Crippen LogP contribution in [0.15, 0.2) is 48.7 Å². The normalized spacial score (nSPS) is 15.6. The lowest BCUT2D eigenvalue weighted by Crippen LogP contribution is -2.09. The fraction of sp³-hybridized carbons (Fsp3) is 0.375. The molecule has 1 aromatic heterocycles. The monoisotopic (exact) mass is 329 g/mol. The number of fused-ring (bicyclic) bond motifs is 1. The van der Waals surface area contributed by atoms with Crippen molar-refractivity contribution in [2.24, 2.45) is 5.92 Å². The van der Waals surface area contributed by atoms with Crippen molar-refractivity contribution in [3.05, 3.63) is 65.4 Å². The fourth-order valence-electron chi connectivity index (χ4n) is 4.42. The lowest BCUT2D eigenvalue weighted by molar-refractivity contribution is 0.357. The largest absolute Gasteiger partial charge is 0.256 e. The fourth-order valence-corrected chi connectivity index (χ4v) is 4.42. The van der Waals surface area contributed by atoms with Crippen LogP contribution in [0.5, 0.6) is 0 Å². The minimum absolute atomic E-state index is 0.881. The molecule has 0 saturated heterocycles. The molecular formula is C24H27N. The van der Waals surface area contributed by atoms with Crippen LogP contribution < -0.4 is 0 Å². The van der Waals surface area contributed by atoms with Crippen LogP contribution >= 0.6 is 0 Å². The molecule has 1 heterocycles. The van der Waals surface area contributed by atoms with Crippen molar-refractivity contribution in [3.63, 3.8) is 0 Å². The van der Waals surface area contributed by atoms with E-state index in [1.165, 1.54) is 71.6 Å². The maximum absolute atomic E-state index is 4.70.